The number of aliphatic hydroxyl groups excluding tert-OH is 1. The quantitative estimate of drug-likeness (QED) is 0.124. The molecular weight excluding hydrogens is 923 g/mol. The van der Waals surface area contributed by atoms with E-state index in [4.69, 9.17) is 24.2 Å². The number of benzene rings is 2. The van der Waals surface area contributed by atoms with E-state index in [0.717, 1.165) is 40.3 Å². The summed E-state index contributed by atoms with van der Waals surface area (Å²) in [5.74, 6) is -1.46. The van der Waals surface area contributed by atoms with Crippen LogP contribution in [0.1, 0.15) is 79.7 Å². The Kier molecular flexibility index (Phi) is 12.3. The lowest BCUT2D eigenvalue weighted by Crippen LogP contribution is -2.54. The largest absolute Gasteiger partial charge is 0.433 e. The van der Waals surface area contributed by atoms with E-state index in [-0.39, 0.29) is 29.8 Å². The van der Waals surface area contributed by atoms with Crippen LogP contribution in [-0.4, -0.2) is 88.1 Å². The highest BCUT2D eigenvalue weighted by Gasteiger charge is 2.42. The number of aryl methyl sites for hydroxylation is 2. The van der Waals surface area contributed by atoms with Gasteiger partial charge in [0, 0.05) is 77.8 Å². The smallest absolute Gasteiger partial charge is 0.387 e. The van der Waals surface area contributed by atoms with E-state index in [1.807, 2.05) is 32.0 Å². The first kappa shape index (κ1) is 46.7. The molecule has 2 aromatic carbocycles. The monoisotopic (exact) mass is 966 g/mol. The Bertz CT molecular complexity index is 3010. The third kappa shape index (κ3) is 9.38. The number of anilines is 4. The van der Waals surface area contributed by atoms with Crippen LogP contribution >= 0.6 is 0 Å². The number of aromatic nitrogens is 4. The first-order valence-corrected chi connectivity index (χ1v) is 22.4. The van der Waals surface area contributed by atoms with Crippen LogP contribution in [-0.2, 0) is 26.6 Å². The number of alkyl halides is 6. The zero-order valence-corrected chi connectivity index (χ0v) is 37.5. The van der Waals surface area contributed by atoms with Crippen molar-refractivity contribution in [3.05, 3.63) is 143 Å². The highest BCUT2D eigenvalue weighted by molar-refractivity contribution is 6.05. The van der Waals surface area contributed by atoms with Crippen molar-refractivity contribution in [2.24, 2.45) is 0 Å². The van der Waals surface area contributed by atoms with Crippen molar-refractivity contribution in [1.29, 1.82) is 0 Å². The Morgan fingerprint density at radius 1 is 0.686 bits per heavy atom. The van der Waals surface area contributed by atoms with E-state index in [9.17, 15) is 41.0 Å². The molecule has 362 valence electrons. The Morgan fingerprint density at radius 2 is 1.23 bits per heavy atom. The molecule has 1 unspecified atom stereocenters. The van der Waals surface area contributed by atoms with Crippen LogP contribution in [0.2, 0.25) is 0 Å². The van der Waals surface area contributed by atoms with Gasteiger partial charge in [-0.2, -0.15) is 26.3 Å². The predicted octanol–water partition coefficient (Wildman–Crippen LogP) is 9.09. The molecule has 6 aromatic rings. The zero-order chi connectivity index (χ0) is 49.1. The molecule has 0 saturated carbocycles. The van der Waals surface area contributed by atoms with Crippen LogP contribution in [0.25, 0.3) is 22.3 Å². The lowest BCUT2D eigenvalue weighted by Gasteiger charge is -2.47. The third-order valence-corrected chi connectivity index (χ3v) is 13.1. The predicted molar refractivity (Wildman–Crippen MR) is 244 cm³/mol. The third-order valence-electron chi connectivity index (χ3n) is 13.1. The highest BCUT2D eigenvalue weighted by Crippen LogP contribution is 2.45. The maximum Gasteiger partial charge on any atom is 0.433 e. The number of carbonyl (C=O) groups is 2. The van der Waals surface area contributed by atoms with E-state index in [2.05, 4.69) is 30.4 Å². The molecule has 4 aliphatic rings. The topological polar surface area (TPSA) is 164 Å². The summed E-state index contributed by atoms with van der Waals surface area (Å²) in [6.07, 6.45) is -5.31. The summed E-state index contributed by atoms with van der Waals surface area (Å²) in [7, 11) is 0. The van der Waals surface area contributed by atoms with Gasteiger partial charge in [-0.05, 0) is 96.8 Å². The lowest BCUT2D eigenvalue weighted by molar-refractivity contribution is -0.189. The Balaban J connectivity index is 0.887. The molecule has 5 atom stereocenters. The van der Waals surface area contributed by atoms with Gasteiger partial charge in [0.25, 0.3) is 11.8 Å². The van der Waals surface area contributed by atoms with Gasteiger partial charge >= 0.3 is 12.4 Å². The van der Waals surface area contributed by atoms with E-state index >= 15 is 0 Å². The molecule has 8 heterocycles. The molecule has 10 rings (SSSR count). The Hall–Kier alpha value is -7.00. The molecule has 20 heteroatoms. The van der Waals surface area contributed by atoms with Gasteiger partial charge in [-0.3, -0.25) is 29.5 Å². The fourth-order valence-electron chi connectivity index (χ4n) is 9.51. The summed E-state index contributed by atoms with van der Waals surface area (Å²) >= 11 is 0. The minimum absolute atomic E-state index is 0.0447. The SMILES string of the molecule is Cc1ccc(NC(=O)c2ccnc(C(F)(F)F)c2)cc1-c1cnc2c(c1)N1CC(O[C@@H]3C[C@@H]4COCCN4c4cc(-c5cc(NC(=O)c6ccnc(C(F)(F)F)c6)ccc5C)cnc43)OC[C@@H]1C[C@@H]2O. The summed E-state index contributed by atoms with van der Waals surface area (Å²) in [6.45, 7) is 5.92. The van der Waals surface area contributed by atoms with Crippen molar-refractivity contribution in [2.75, 3.05) is 53.3 Å². The van der Waals surface area contributed by atoms with Gasteiger partial charge in [-0.25, -0.2) is 0 Å². The van der Waals surface area contributed by atoms with Crippen molar-refractivity contribution < 1.29 is 55.2 Å². The number of carbonyl (C=O) groups excluding carboxylic acids is 2. The molecule has 2 amide bonds. The normalized spacial score (nSPS) is 21.0. The summed E-state index contributed by atoms with van der Waals surface area (Å²) in [5, 5.41) is 16.7. The fourth-order valence-corrected chi connectivity index (χ4v) is 9.51. The second-order valence-corrected chi connectivity index (χ2v) is 17.7. The summed E-state index contributed by atoms with van der Waals surface area (Å²) in [4.78, 5) is 47.0. The molecule has 0 aliphatic carbocycles. The molecule has 3 N–H and O–H groups in total. The number of fused-ring (bicyclic) bond motifs is 6. The van der Waals surface area contributed by atoms with E-state index in [0.29, 0.717) is 90.9 Å². The van der Waals surface area contributed by atoms with Crippen LogP contribution in [0.3, 0.4) is 0 Å². The van der Waals surface area contributed by atoms with E-state index in [1.54, 1.807) is 42.7 Å². The molecular formula is C50H44F6N8O6. The van der Waals surface area contributed by atoms with Gasteiger partial charge in [0.1, 0.15) is 23.6 Å². The van der Waals surface area contributed by atoms with Gasteiger partial charge in [0.2, 0.25) is 0 Å². The summed E-state index contributed by atoms with van der Waals surface area (Å²) < 4.78 is 99.1. The average molecular weight is 967 g/mol. The summed E-state index contributed by atoms with van der Waals surface area (Å²) in [6, 6.07) is 18.0. The number of aliphatic hydroxyl groups is 1. The first-order valence-electron chi connectivity index (χ1n) is 22.4. The number of hydrogen-bond donors (Lipinski definition) is 3. The Labute approximate surface area is 396 Å². The molecule has 0 radical (unpaired) electrons. The first-order chi connectivity index (χ1) is 33.5. The molecule has 2 saturated heterocycles. The van der Waals surface area contributed by atoms with Gasteiger partial charge < -0.3 is 39.8 Å². The maximum atomic E-state index is 13.3. The molecule has 14 nitrogen and oxygen atoms in total. The van der Waals surface area contributed by atoms with Crippen LogP contribution in [0.4, 0.5) is 49.1 Å². The Morgan fingerprint density at radius 3 is 1.80 bits per heavy atom. The minimum Gasteiger partial charge on any atom is -0.387 e. The molecule has 4 aromatic heterocycles. The van der Waals surface area contributed by atoms with Gasteiger partial charge in [0.05, 0.1) is 61.2 Å². The number of morpholine rings is 2. The second kappa shape index (κ2) is 18.4. The highest BCUT2D eigenvalue weighted by atomic mass is 19.4. The average Bonchev–Trinajstić information content (AvgIpc) is 3.34. The van der Waals surface area contributed by atoms with Crippen LogP contribution in [0, 0.1) is 13.8 Å². The number of halogens is 6. The van der Waals surface area contributed by atoms with Gasteiger partial charge in [0.15, 0.2) is 6.29 Å². The number of rotatable bonds is 8. The van der Waals surface area contributed by atoms with Crippen LogP contribution in [0.15, 0.2) is 97.6 Å². The number of amides is 2. The van der Waals surface area contributed by atoms with E-state index in [1.165, 1.54) is 12.1 Å². The minimum atomic E-state index is -4.71. The molecule has 4 aliphatic heterocycles. The molecule has 0 spiro atoms. The fraction of sp³-hybridized carbons (Fsp3) is 0.320. The van der Waals surface area contributed by atoms with Crippen molar-refractivity contribution in [2.45, 2.75) is 69.6 Å². The number of hydrogen-bond acceptors (Lipinski definition) is 12. The summed E-state index contributed by atoms with van der Waals surface area (Å²) in [5.41, 5.74) is 5.34. The molecule has 0 bridgehead atoms. The number of nitrogens with one attached hydrogen (secondary N) is 2. The van der Waals surface area contributed by atoms with Gasteiger partial charge in [-0.1, -0.05) is 12.1 Å². The van der Waals surface area contributed by atoms with Crippen molar-refractivity contribution in [3.8, 4) is 22.3 Å². The standard InChI is InChI=1S/C50H44F6N8O6/c1-26-3-5-32(61-47(66)28-7-9-57-42(15-28)49(51,52)53)17-36(26)30-13-38-45(59-21-30)40(65)19-34-25-69-44(23-64(34)38)70-41-20-35-24-68-12-11-63(35)39-14-31(22-60-46(39)41)37-18-33(6-4-27(37)2)62-48(67)29-8-10-58-43(16-29)50(54,55)56/h3-10,13-18,21-22,34-35,40-41,44,65H,11-12,19-20,23-25H2,1-2H3,(H,61,66)(H,62,67)/t34-,35+,40-,41+,44?/m0/s1. The second-order valence-electron chi connectivity index (χ2n) is 17.7. The van der Waals surface area contributed by atoms with Crippen molar-refractivity contribution in [3.63, 3.8) is 0 Å². The number of nitrogens with zero attached hydrogens (tertiary/aromatic N) is 6. The number of pyridine rings is 4. The molecule has 2 fully saturated rings. The zero-order valence-electron chi connectivity index (χ0n) is 37.5. The number of ether oxygens (including phenoxy) is 3. The van der Waals surface area contributed by atoms with Gasteiger partial charge in [-0.15, -0.1) is 0 Å². The molecule has 70 heavy (non-hydrogen) atoms. The maximum absolute atomic E-state index is 13.3. The van der Waals surface area contributed by atoms with Crippen molar-refractivity contribution in [1.82, 2.24) is 19.9 Å². The van der Waals surface area contributed by atoms with Crippen molar-refractivity contribution >= 4 is 34.6 Å². The van der Waals surface area contributed by atoms with Crippen LogP contribution < -0.4 is 20.4 Å². The van der Waals surface area contributed by atoms with E-state index < -0.39 is 54.1 Å². The lowest BCUT2D eigenvalue weighted by atomic mass is 9.93. The van der Waals surface area contributed by atoms with Crippen LogP contribution in [0.5, 0.6) is 0 Å².